The lowest BCUT2D eigenvalue weighted by Gasteiger charge is -2.17. The fraction of sp³-hybridized carbons (Fsp3) is 0.0870. The second-order valence-corrected chi connectivity index (χ2v) is 6.49. The zero-order valence-corrected chi connectivity index (χ0v) is 15.2. The SMILES string of the molecule is COc1ccc(CN2C(=O)C(=O)c3cc(-c4ccc(C#N)cc4)ccc32)cc1. The maximum atomic E-state index is 12.5. The zero-order chi connectivity index (χ0) is 19.7. The molecule has 0 bridgehead atoms. The minimum absolute atomic E-state index is 0.317. The number of nitriles is 1. The van der Waals surface area contributed by atoms with Gasteiger partial charge in [0.25, 0.3) is 11.7 Å². The van der Waals surface area contributed by atoms with Gasteiger partial charge in [0.15, 0.2) is 0 Å². The molecule has 0 spiro atoms. The Labute approximate surface area is 162 Å². The van der Waals surface area contributed by atoms with E-state index in [-0.39, 0.29) is 0 Å². The van der Waals surface area contributed by atoms with Crippen LogP contribution >= 0.6 is 0 Å². The first-order chi connectivity index (χ1) is 13.6. The average molecular weight is 368 g/mol. The number of Topliss-reactive ketones (excluding diaryl/α,β-unsaturated/α-hetero) is 1. The van der Waals surface area contributed by atoms with Crippen molar-refractivity contribution in [3.63, 3.8) is 0 Å². The van der Waals surface area contributed by atoms with E-state index in [4.69, 9.17) is 10.00 Å². The average Bonchev–Trinajstić information content (AvgIpc) is 2.98. The van der Waals surface area contributed by atoms with Crippen LogP contribution in [0.5, 0.6) is 5.75 Å². The van der Waals surface area contributed by atoms with Gasteiger partial charge in [-0.1, -0.05) is 30.3 Å². The van der Waals surface area contributed by atoms with E-state index in [1.807, 2.05) is 42.5 Å². The number of amides is 1. The molecule has 136 valence electrons. The summed E-state index contributed by atoms with van der Waals surface area (Å²) >= 11 is 0. The van der Waals surface area contributed by atoms with E-state index in [0.29, 0.717) is 23.4 Å². The first-order valence-corrected chi connectivity index (χ1v) is 8.74. The molecule has 1 amide bonds. The fourth-order valence-electron chi connectivity index (χ4n) is 3.29. The minimum Gasteiger partial charge on any atom is -0.497 e. The second kappa shape index (κ2) is 7.01. The topological polar surface area (TPSA) is 70.4 Å². The molecule has 0 atom stereocenters. The number of carbonyl (C=O) groups is 2. The molecule has 0 N–H and O–H groups in total. The molecule has 1 aliphatic rings. The Bertz CT molecular complexity index is 1110. The smallest absolute Gasteiger partial charge is 0.299 e. The third kappa shape index (κ3) is 3.01. The van der Waals surface area contributed by atoms with Crippen LogP contribution in [0.4, 0.5) is 5.69 Å². The molecule has 1 heterocycles. The monoisotopic (exact) mass is 368 g/mol. The molecule has 1 aliphatic heterocycles. The number of benzene rings is 3. The molecule has 3 aromatic rings. The van der Waals surface area contributed by atoms with Gasteiger partial charge in [0.2, 0.25) is 0 Å². The highest BCUT2D eigenvalue weighted by Crippen LogP contribution is 2.34. The maximum absolute atomic E-state index is 12.5. The molecule has 4 rings (SSSR count). The lowest BCUT2D eigenvalue weighted by atomic mass is 10.0. The summed E-state index contributed by atoms with van der Waals surface area (Å²) in [4.78, 5) is 26.6. The Kier molecular flexibility index (Phi) is 4.38. The van der Waals surface area contributed by atoms with Gasteiger partial charge in [-0.2, -0.15) is 5.26 Å². The van der Waals surface area contributed by atoms with Crippen molar-refractivity contribution < 1.29 is 14.3 Å². The molecule has 0 saturated heterocycles. The Morgan fingerprint density at radius 1 is 0.929 bits per heavy atom. The summed E-state index contributed by atoms with van der Waals surface area (Å²) in [5.41, 5.74) is 4.21. The fourth-order valence-corrected chi connectivity index (χ4v) is 3.29. The summed E-state index contributed by atoms with van der Waals surface area (Å²) in [6.07, 6.45) is 0. The van der Waals surface area contributed by atoms with Crippen molar-refractivity contribution in [2.75, 3.05) is 12.0 Å². The number of nitrogens with zero attached hydrogens (tertiary/aromatic N) is 2. The van der Waals surface area contributed by atoms with E-state index < -0.39 is 11.7 Å². The van der Waals surface area contributed by atoms with Crippen LogP contribution in [0.3, 0.4) is 0 Å². The number of hydrogen-bond donors (Lipinski definition) is 0. The van der Waals surface area contributed by atoms with Crippen molar-refractivity contribution in [2.24, 2.45) is 0 Å². The van der Waals surface area contributed by atoms with Gasteiger partial charge in [0.05, 0.1) is 36.5 Å². The third-order valence-corrected chi connectivity index (χ3v) is 4.82. The highest BCUT2D eigenvalue weighted by atomic mass is 16.5. The molecular weight excluding hydrogens is 352 g/mol. The van der Waals surface area contributed by atoms with Crippen LogP contribution in [0, 0.1) is 11.3 Å². The molecule has 5 nitrogen and oxygen atoms in total. The van der Waals surface area contributed by atoms with Crippen molar-refractivity contribution in [3.8, 4) is 22.9 Å². The summed E-state index contributed by atoms with van der Waals surface area (Å²) in [6.45, 7) is 0.317. The van der Waals surface area contributed by atoms with Gasteiger partial charge in [-0.15, -0.1) is 0 Å². The Morgan fingerprint density at radius 3 is 2.25 bits per heavy atom. The van der Waals surface area contributed by atoms with Crippen LogP contribution in [0.25, 0.3) is 11.1 Å². The predicted octanol–water partition coefficient (Wildman–Crippen LogP) is 3.96. The van der Waals surface area contributed by atoms with Crippen LogP contribution in [0.1, 0.15) is 21.5 Å². The normalized spacial score (nSPS) is 12.6. The molecule has 0 fully saturated rings. The number of methoxy groups -OCH3 is 1. The molecular formula is C23H16N2O3. The van der Waals surface area contributed by atoms with Gasteiger partial charge >= 0.3 is 0 Å². The Balaban J connectivity index is 1.65. The molecule has 5 heteroatoms. The molecule has 0 unspecified atom stereocenters. The number of rotatable bonds is 4. The number of ketones is 1. The molecule has 28 heavy (non-hydrogen) atoms. The summed E-state index contributed by atoms with van der Waals surface area (Å²) in [5, 5.41) is 8.92. The lowest BCUT2D eigenvalue weighted by Crippen LogP contribution is -2.29. The van der Waals surface area contributed by atoms with E-state index in [2.05, 4.69) is 6.07 Å². The summed E-state index contributed by atoms with van der Waals surface area (Å²) in [6, 6.07) is 22.0. The Hall–Kier alpha value is -3.91. The number of ether oxygens (including phenoxy) is 1. The van der Waals surface area contributed by atoms with Gasteiger partial charge in [0.1, 0.15) is 5.75 Å². The molecule has 3 aromatic carbocycles. The van der Waals surface area contributed by atoms with Crippen molar-refractivity contribution in [1.29, 1.82) is 5.26 Å². The van der Waals surface area contributed by atoms with E-state index in [9.17, 15) is 9.59 Å². The maximum Gasteiger partial charge on any atom is 0.299 e. The lowest BCUT2D eigenvalue weighted by molar-refractivity contribution is -0.114. The van der Waals surface area contributed by atoms with Crippen LogP contribution < -0.4 is 9.64 Å². The van der Waals surface area contributed by atoms with Gasteiger partial charge in [-0.05, 0) is 53.1 Å². The van der Waals surface area contributed by atoms with Crippen LogP contribution in [0.15, 0.2) is 66.7 Å². The van der Waals surface area contributed by atoms with E-state index in [1.54, 1.807) is 31.4 Å². The number of fused-ring (bicyclic) bond motifs is 1. The van der Waals surface area contributed by atoms with Crippen molar-refractivity contribution >= 4 is 17.4 Å². The van der Waals surface area contributed by atoms with Gasteiger partial charge in [0, 0.05) is 0 Å². The molecule has 0 aliphatic carbocycles. The second-order valence-electron chi connectivity index (χ2n) is 6.49. The third-order valence-electron chi connectivity index (χ3n) is 4.82. The summed E-state index contributed by atoms with van der Waals surface area (Å²) < 4.78 is 5.15. The van der Waals surface area contributed by atoms with E-state index >= 15 is 0 Å². The minimum atomic E-state index is -0.525. The zero-order valence-electron chi connectivity index (χ0n) is 15.2. The first kappa shape index (κ1) is 17.5. The molecule has 0 saturated carbocycles. The number of anilines is 1. The van der Waals surface area contributed by atoms with Gasteiger partial charge in [-0.3, -0.25) is 9.59 Å². The Morgan fingerprint density at radius 2 is 1.61 bits per heavy atom. The van der Waals surface area contributed by atoms with Crippen LogP contribution in [-0.4, -0.2) is 18.8 Å². The highest BCUT2D eigenvalue weighted by Gasteiger charge is 2.35. The van der Waals surface area contributed by atoms with Gasteiger partial charge < -0.3 is 9.64 Å². The quantitative estimate of drug-likeness (QED) is 0.654. The van der Waals surface area contributed by atoms with Crippen LogP contribution in [0.2, 0.25) is 0 Å². The van der Waals surface area contributed by atoms with Crippen LogP contribution in [-0.2, 0) is 11.3 Å². The summed E-state index contributed by atoms with van der Waals surface area (Å²) in [7, 11) is 1.60. The number of carbonyl (C=O) groups excluding carboxylic acids is 2. The molecule has 0 radical (unpaired) electrons. The van der Waals surface area contributed by atoms with Crippen molar-refractivity contribution in [1.82, 2.24) is 0 Å². The van der Waals surface area contributed by atoms with E-state index in [1.165, 1.54) is 4.90 Å². The standard InChI is InChI=1S/C23H16N2O3/c1-28-19-9-4-16(5-10-19)14-25-21-11-8-18(12-20(21)22(26)23(25)27)17-6-2-15(13-24)3-7-17/h2-12H,14H2,1H3. The van der Waals surface area contributed by atoms with Gasteiger partial charge in [-0.25, -0.2) is 0 Å². The highest BCUT2D eigenvalue weighted by molar-refractivity contribution is 6.52. The summed E-state index contributed by atoms with van der Waals surface area (Å²) in [5.74, 6) is -0.290. The largest absolute Gasteiger partial charge is 0.497 e. The molecule has 0 aromatic heterocycles. The van der Waals surface area contributed by atoms with Crippen molar-refractivity contribution in [3.05, 3.63) is 83.4 Å². The van der Waals surface area contributed by atoms with Crippen molar-refractivity contribution in [2.45, 2.75) is 6.54 Å². The first-order valence-electron chi connectivity index (χ1n) is 8.74. The number of hydrogen-bond acceptors (Lipinski definition) is 4. The van der Waals surface area contributed by atoms with E-state index in [0.717, 1.165) is 22.4 Å². The predicted molar refractivity (Wildman–Crippen MR) is 105 cm³/mol.